The summed E-state index contributed by atoms with van der Waals surface area (Å²) in [6, 6.07) is 28.5. The molecule has 0 spiro atoms. The Balaban J connectivity index is 1.42. The molecule has 0 bridgehead atoms. The first kappa shape index (κ1) is 28.2. The lowest BCUT2D eigenvalue weighted by atomic mass is 9.99. The van der Waals surface area contributed by atoms with E-state index in [-0.39, 0.29) is 18.2 Å². The van der Waals surface area contributed by atoms with Crippen LogP contribution in [0.3, 0.4) is 0 Å². The largest absolute Gasteiger partial charge is 0.354 e. The van der Waals surface area contributed by atoms with Crippen molar-refractivity contribution < 1.29 is 17.6 Å². The fourth-order valence-corrected chi connectivity index (χ4v) is 5.82. The highest BCUT2D eigenvalue weighted by Crippen LogP contribution is 2.38. The highest BCUT2D eigenvalue weighted by molar-refractivity contribution is 7.88. The SMILES string of the molecule is CN(C)Cc1ccc(NC(=C2C(=O)Nc3cc(F)ccc32)c2ccc(CNS(=O)(=O)Cc3ccccc3)cc2)cc1. The van der Waals surface area contributed by atoms with E-state index >= 15 is 0 Å². The van der Waals surface area contributed by atoms with E-state index in [0.717, 1.165) is 28.9 Å². The summed E-state index contributed by atoms with van der Waals surface area (Å²) in [6.45, 7) is 0.927. The molecule has 5 rings (SSSR count). The van der Waals surface area contributed by atoms with Gasteiger partial charge in [0.1, 0.15) is 5.82 Å². The second kappa shape index (κ2) is 12.1. The number of benzene rings is 4. The second-order valence-corrected chi connectivity index (χ2v) is 12.0. The third kappa shape index (κ3) is 7.07. The molecule has 0 aromatic heterocycles. The zero-order chi connectivity index (χ0) is 29.0. The minimum Gasteiger partial charge on any atom is -0.354 e. The number of rotatable bonds is 10. The van der Waals surface area contributed by atoms with Gasteiger partial charge in [-0.1, -0.05) is 66.7 Å². The van der Waals surface area contributed by atoms with E-state index in [2.05, 4.69) is 20.3 Å². The number of amides is 1. The van der Waals surface area contributed by atoms with E-state index in [1.165, 1.54) is 12.1 Å². The molecule has 0 radical (unpaired) electrons. The van der Waals surface area contributed by atoms with Crippen LogP contribution in [-0.4, -0.2) is 33.3 Å². The molecule has 4 aromatic rings. The van der Waals surface area contributed by atoms with Crippen LogP contribution in [0.5, 0.6) is 0 Å². The topological polar surface area (TPSA) is 90.5 Å². The Morgan fingerprint density at radius 1 is 0.854 bits per heavy atom. The number of carbonyl (C=O) groups is 1. The number of halogens is 1. The molecule has 1 aliphatic heterocycles. The summed E-state index contributed by atoms with van der Waals surface area (Å²) < 4.78 is 41.7. The van der Waals surface area contributed by atoms with Crippen molar-refractivity contribution in [2.45, 2.75) is 18.8 Å². The Hall–Kier alpha value is -4.31. The number of hydrogen-bond donors (Lipinski definition) is 3. The van der Waals surface area contributed by atoms with E-state index in [1.807, 2.05) is 68.7 Å². The maximum Gasteiger partial charge on any atom is 0.258 e. The van der Waals surface area contributed by atoms with Crippen molar-refractivity contribution in [1.29, 1.82) is 0 Å². The van der Waals surface area contributed by atoms with Gasteiger partial charge in [-0.25, -0.2) is 17.5 Å². The van der Waals surface area contributed by atoms with Gasteiger partial charge in [-0.2, -0.15) is 0 Å². The smallest absolute Gasteiger partial charge is 0.258 e. The highest BCUT2D eigenvalue weighted by atomic mass is 32.2. The number of hydrogen-bond acceptors (Lipinski definition) is 5. The number of sulfonamides is 1. The van der Waals surface area contributed by atoms with Gasteiger partial charge in [-0.15, -0.1) is 0 Å². The molecular weight excluding hydrogens is 539 g/mol. The summed E-state index contributed by atoms with van der Waals surface area (Å²) in [6.07, 6.45) is 0. The third-order valence-corrected chi connectivity index (χ3v) is 7.93. The Kier molecular flexibility index (Phi) is 8.30. The quantitative estimate of drug-likeness (QED) is 0.221. The Morgan fingerprint density at radius 3 is 2.22 bits per heavy atom. The fourth-order valence-electron chi connectivity index (χ4n) is 4.70. The van der Waals surface area contributed by atoms with Gasteiger partial charge in [0.15, 0.2) is 0 Å². The molecule has 1 amide bonds. The highest BCUT2D eigenvalue weighted by Gasteiger charge is 2.29. The lowest BCUT2D eigenvalue weighted by Gasteiger charge is -2.16. The molecule has 41 heavy (non-hydrogen) atoms. The molecule has 9 heteroatoms. The van der Waals surface area contributed by atoms with Crippen LogP contribution in [0.1, 0.15) is 27.8 Å². The molecule has 3 N–H and O–H groups in total. The van der Waals surface area contributed by atoms with E-state index in [1.54, 1.807) is 30.3 Å². The van der Waals surface area contributed by atoms with Crippen molar-refractivity contribution in [1.82, 2.24) is 9.62 Å². The summed E-state index contributed by atoms with van der Waals surface area (Å²) in [4.78, 5) is 15.2. The van der Waals surface area contributed by atoms with Gasteiger partial charge >= 0.3 is 0 Å². The summed E-state index contributed by atoms with van der Waals surface area (Å²) >= 11 is 0. The molecule has 0 saturated carbocycles. The molecule has 210 valence electrons. The summed E-state index contributed by atoms with van der Waals surface area (Å²) in [5.41, 5.74) is 6.10. The lowest BCUT2D eigenvalue weighted by molar-refractivity contribution is -0.110. The van der Waals surface area contributed by atoms with Crippen LogP contribution >= 0.6 is 0 Å². The first-order valence-corrected chi connectivity index (χ1v) is 14.8. The number of anilines is 2. The Labute approximate surface area is 239 Å². The standard InChI is InChI=1S/C32H31FN4O3S/c1-37(2)20-23-10-15-27(16-11-23)35-31(30-28-17-14-26(33)18-29(28)36-32(30)38)25-12-8-22(9-13-25)19-34-41(39,40)21-24-6-4-3-5-7-24/h3-18,34-35H,19-21H2,1-2H3,(H,36,38). The first-order valence-electron chi connectivity index (χ1n) is 13.1. The molecule has 0 saturated heterocycles. The molecule has 1 heterocycles. The molecule has 0 aliphatic carbocycles. The van der Waals surface area contributed by atoms with Gasteiger partial charge in [-0.3, -0.25) is 4.79 Å². The molecule has 0 unspecified atom stereocenters. The average molecular weight is 571 g/mol. The average Bonchev–Trinajstić information content (AvgIpc) is 3.26. The van der Waals surface area contributed by atoms with E-state index in [4.69, 9.17) is 0 Å². The summed E-state index contributed by atoms with van der Waals surface area (Å²) in [5.74, 6) is -0.875. The Bertz CT molecular complexity index is 1690. The van der Waals surface area contributed by atoms with Gasteiger partial charge in [0, 0.05) is 24.3 Å². The van der Waals surface area contributed by atoms with Crippen molar-refractivity contribution in [3.63, 3.8) is 0 Å². The second-order valence-electron chi connectivity index (χ2n) is 10.2. The minimum atomic E-state index is -3.53. The molecule has 7 nitrogen and oxygen atoms in total. The van der Waals surface area contributed by atoms with Crippen LogP contribution in [0.4, 0.5) is 15.8 Å². The molecule has 0 fully saturated rings. The molecule has 1 aliphatic rings. The predicted molar refractivity (Wildman–Crippen MR) is 162 cm³/mol. The minimum absolute atomic E-state index is 0.103. The maximum atomic E-state index is 13.9. The summed E-state index contributed by atoms with van der Waals surface area (Å²) in [7, 11) is 0.484. The van der Waals surface area contributed by atoms with Crippen LogP contribution in [0.25, 0.3) is 11.3 Å². The number of nitrogens with zero attached hydrogens (tertiary/aromatic N) is 1. The van der Waals surface area contributed by atoms with Gasteiger partial charge in [0.25, 0.3) is 5.91 Å². The van der Waals surface area contributed by atoms with Crippen molar-refractivity contribution >= 4 is 38.6 Å². The van der Waals surface area contributed by atoms with Crippen LogP contribution in [0.2, 0.25) is 0 Å². The van der Waals surface area contributed by atoms with Crippen molar-refractivity contribution in [2.24, 2.45) is 0 Å². The molecule has 4 aromatic carbocycles. The fraction of sp³-hybridized carbons (Fsp3) is 0.156. The number of carbonyl (C=O) groups excluding carboxylic acids is 1. The summed E-state index contributed by atoms with van der Waals surface area (Å²) in [5, 5.41) is 6.17. The third-order valence-electron chi connectivity index (χ3n) is 6.64. The van der Waals surface area contributed by atoms with Crippen LogP contribution in [-0.2, 0) is 33.7 Å². The van der Waals surface area contributed by atoms with Crippen LogP contribution in [0, 0.1) is 5.82 Å². The van der Waals surface area contributed by atoms with Gasteiger partial charge < -0.3 is 15.5 Å². The van der Waals surface area contributed by atoms with E-state index < -0.39 is 15.8 Å². The number of nitrogens with one attached hydrogen (secondary N) is 3. The van der Waals surface area contributed by atoms with Crippen LogP contribution < -0.4 is 15.4 Å². The number of fused-ring (bicyclic) bond motifs is 1. The monoisotopic (exact) mass is 570 g/mol. The predicted octanol–water partition coefficient (Wildman–Crippen LogP) is 5.44. The van der Waals surface area contributed by atoms with Crippen molar-refractivity contribution in [2.75, 3.05) is 24.7 Å². The lowest BCUT2D eigenvalue weighted by Crippen LogP contribution is -2.24. The zero-order valence-electron chi connectivity index (χ0n) is 22.8. The van der Waals surface area contributed by atoms with Crippen LogP contribution in [0.15, 0.2) is 97.1 Å². The van der Waals surface area contributed by atoms with Gasteiger partial charge in [0.05, 0.1) is 22.7 Å². The van der Waals surface area contributed by atoms with Gasteiger partial charge in [-0.05, 0) is 66.7 Å². The van der Waals surface area contributed by atoms with Gasteiger partial charge in [0.2, 0.25) is 10.0 Å². The normalized spacial score (nSPS) is 14.1. The van der Waals surface area contributed by atoms with E-state index in [9.17, 15) is 17.6 Å². The molecular formula is C32H31FN4O3S. The first-order chi connectivity index (χ1) is 19.7. The molecule has 0 atom stereocenters. The zero-order valence-corrected chi connectivity index (χ0v) is 23.6. The van der Waals surface area contributed by atoms with Crippen molar-refractivity contribution in [3.05, 3.63) is 131 Å². The Morgan fingerprint density at radius 2 is 1.54 bits per heavy atom. The maximum absolute atomic E-state index is 13.9. The van der Waals surface area contributed by atoms with Crippen molar-refractivity contribution in [3.8, 4) is 0 Å². The van der Waals surface area contributed by atoms with E-state index in [0.29, 0.717) is 28.1 Å².